The highest BCUT2D eigenvalue weighted by Gasteiger charge is 2.42. The fraction of sp³-hybridized carbons (Fsp3) is 0.333. The van der Waals surface area contributed by atoms with Gasteiger partial charge >= 0.3 is 0 Å². The Bertz CT molecular complexity index is 993. The van der Waals surface area contributed by atoms with Crippen LogP contribution in [0.5, 0.6) is 5.75 Å². The topological polar surface area (TPSA) is 59.1 Å². The first-order chi connectivity index (χ1) is 15.0. The quantitative estimate of drug-likeness (QED) is 0.665. The van der Waals surface area contributed by atoms with Crippen LogP contribution >= 0.6 is 0 Å². The third kappa shape index (κ3) is 4.32. The molecule has 0 bridgehead atoms. The molecule has 162 valence electrons. The van der Waals surface area contributed by atoms with Crippen LogP contribution in [0, 0.1) is 11.7 Å². The summed E-state index contributed by atoms with van der Waals surface area (Å²) in [5.74, 6) is -0.143. The van der Waals surface area contributed by atoms with Crippen LogP contribution in [0.25, 0.3) is 5.57 Å². The summed E-state index contributed by atoms with van der Waals surface area (Å²) in [6, 6.07) is 12.6. The second kappa shape index (κ2) is 8.89. The molecule has 1 fully saturated rings. The molecule has 2 heterocycles. The van der Waals surface area contributed by atoms with Gasteiger partial charge in [0.2, 0.25) is 0 Å². The number of halogens is 1. The first-order valence-electron chi connectivity index (χ1n) is 10.4. The second-order valence-corrected chi connectivity index (χ2v) is 7.97. The molecule has 7 heteroatoms. The molecule has 1 saturated heterocycles. The lowest BCUT2D eigenvalue weighted by Crippen LogP contribution is -2.40. The Labute approximate surface area is 180 Å². The van der Waals surface area contributed by atoms with E-state index in [2.05, 4.69) is 13.8 Å². The lowest BCUT2D eigenvalue weighted by Gasteiger charge is -2.29. The SMILES string of the molecule is CC(C)COc1ccc(N2C(=O)C(c3ccc(F)cc3)=C(N3CCOCC3)C2=O)cc1. The van der Waals surface area contributed by atoms with E-state index < -0.39 is 11.7 Å². The fourth-order valence-electron chi connectivity index (χ4n) is 3.66. The number of hydrogen-bond acceptors (Lipinski definition) is 5. The standard InChI is InChI=1S/C24H25FN2O4/c1-16(2)15-31-20-9-7-19(8-10-20)27-23(28)21(17-3-5-18(25)6-4-17)22(24(27)29)26-11-13-30-14-12-26/h3-10,16H,11-15H2,1-2H3. The molecule has 0 spiro atoms. The first-order valence-corrected chi connectivity index (χ1v) is 10.4. The van der Waals surface area contributed by atoms with Crippen LogP contribution in [-0.2, 0) is 14.3 Å². The summed E-state index contributed by atoms with van der Waals surface area (Å²) in [6.45, 7) is 6.67. The van der Waals surface area contributed by atoms with Gasteiger partial charge in [0, 0.05) is 13.1 Å². The summed E-state index contributed by atoms with van der Waals surface area (Å²) >= 11 is 0. The number of nitrogens with zero attached hydrogens (tertiary/aromatic N) is 2. The zero-order chi connectivity index (χ0) is 22.0. The molecule has 6 nitrogen and oxygen atoms in total. The van der Waals surface area contributed by atoms with E-state index in [1.807, 2.05) is 4.90 Å². The number of morpholine rings is 1. The van der Waals surface area contributed by atoms with Crippen molar-refractivity contribution in [3.05, 3.63) is 65.6 Å². The average Bonchev–Trinajstić information content (AvgIpc) is 3.04. The molecule has 0 saturated carbocycles. The van der Waals surface area contributed by atoms with Crippen LogP contribution < -0.4 is 9.64 Å². The smallest absolute Gasteiger partial charge is 0.282 e. The number of carbonyl (C=O) groups is 2. The van der Waals surface area contributed by atoms with Gasteiger partial charge in [-0.05, 0) is 47.9 Å². The highest BCUT2D eigenvalue weighted by Crippen LogP contribution is 2.35. The summed E-state index contributed by atoms with van der Waals surface area (Å²) in [5.41, 5.74) is 1.60. The van der Waals surface area contributed by atoms with E-state index in [9.17, 15) is 14.0 Å². The third-order valence-electron chi connectivity index (χ3n) is 5.20. The monoisotopic (exact) mass is 424 g/mol. The maximum Gasteiger partial charge on any atom is 0.282 e. The van der Waals surface area contributed by atoms with E-state index in [1.54, 1.807) is 24.3 Å². The van der Waals surface area contributed by atoms with Crippen LogP contribution in [0.15, 0.2) is 54.2 Å². The summed E-state index contributed by atoms with van der Waals surface area (Å²) in [5, 5.41) is 0. The van der Waals surface area contributed by atoms with Gasteiger partial charge in [-0.1, -0.05) is 26.0 Å². The zero-order valence-electron chi connectivity index (χ0n) is 17.6. The minimum absolute atomic E-state index is 0.284. The van der Waals surface area contributed by atoms with Crippen molar-refractivity contribution in [2.24, 2.45) is 5.92 Å². The van der Waals surface area contributed by atoms with Crippen molar-refractivity contribution in [3.63, 3.8) is 0 Å². The Hall–Kier alpha value is -3.19. The Morgan fingerprint density at radius 1 is 0.968 bits per heavy atom. The molecule has 0 N–H and O–H groups in total. The van der Waals surface area contributed by atoms with Gasteiger partial charge in [0.1, 0.15) is 17.3 Å². The predicted octanol–water partition coefficient (Wildman–Crippen LogP) is 3.48. The molecular formula is C24H25FN2O4. The van der Waals surface area contributed by atoms with E-state index >= 15 is 0 Å². The van der Waals surface area contributed by atoms with Crippen molar-refractivity contribution >= 4 is 23.1 Å². The first kappa shape index (κ1) is 21.1. The number of ether oxygens (including phenoxy) is 2. The van der Waals surface area contributed by atoms with E-state index in [1.165, 1.54) is 29.2 Å². The summed E-state index contributed by atoms with van der Waals surface area (Å²) in [4.78, 5) is 29.9. The van der Waals surface area contributed by atoms with Crippen molar-refractivity contribution in [3.8, 4) is 5.75 Å². The Morgan fingerprint density at radius 2 is 1.61 bits per heavy atom. The minimum atomic E-state index is -0.422. The molecule has 2 aromatic rings. The lowest BCUT2D eigenvalue weighted by atomic mass is 10.0. The molecular weight excluding hydrogens is 399 g/mol. The Balaban J connectivity index is 1.68. The maximum absolute atomic E-state index is 13.5. The van der Waals surface area contributed by atoms with E-state index in [0.29, 0.717) is 61.5 Å². The van der Waals surface area contributed by atoms with Gasteiger partial charge in [-0.25, -0.2) is 9.29 Å². The van der Waals surface area contributed by atoms with Crippen LogP contribution in [0.1, 0.15) is 19.4 Å². The molecule has 2 amide bonds. The molecule has 2 aliphatic rings. The number of amides is 2. The van der Waals surface area contributed by atoms with Crippen molar-refractivity contribution < 1.29 is 23.5 Å². The zero-order valence-corrected chi connectivity index (χ0v) is 17.6. The van der Waals surface area contributed by atoms with Crippen LogP contribution in [0.2, 0.25) is 0 Å². The van der Waals surface area contributed by atoms with Gasteiger partial charge in [0.05, 0.1) is 31.1 Å². The summed E-state index contributed by atoms with van der Waals surface area (Å²) < 4.78 is 24.6. The Morgan fingerprint density at radius 3 is 2.23 bits per heavy atom. The predicted molar refractivity (Wildman–Crippen MR) is 115 cm³/mol. The van der Waals surface area contributed by atoms with Crippen molar-refractivity contribution in [1.82, 2.24) is 4.90 Å². The molecule has 0 radical (unpaired) electrons. The fourth-order valence-corrected chi connectivity index (χ4v) is 3.66. The molecule has 31 heavy (non-hydrogen) atoms. The van der Waals surface area contributed by atoms with Crippen molar-refractivity contribution in [2.75, 3.05) is 37.8 Å². The van der Waals surface area contributed by atoms with E-state index in [0.717, 1.165) is 0 Å². The minimum Gasteiger partial charge on any atom is -0.493 e. The molecule has 2 aromatic carbocycles. The average molecular weight is 424 g/mol. The molecule has 4 rings (SSSR count). The highest BCUT2D eigenvalue weighted by atomic mass is 19.1. The summed E-state index contributed by atoms with van der Waals surface area (Å²) in [7, 11) is 0. The van der Waals surface area contributed by atoms with Crippen molar-refractivity contribution in [2.45, 2.75) is 13.8 Å². The highest BCUT2D eigenvalue weighted by molar-refractivity contribution is 6.45. The Kier molecular flexibility index (Phi) is 6.04. The van der Waals surface area contributed by atoms with Crippen molar-refractivity contribution in [1.29, 1.82) is 0 Å². The lowest BCUT2D eigenvalue weighted by molar-refractivity contribution is -0.121. The molecule has 0 aromatic heterocycles. The molecule has 0 aliphatic carbocycles. The van der Waals surface area contributed by atoms with Gasteiger partial charge in [0.25, 0.3) is 11.8 Å². The van der Waals surface area contributed by atoms with Gasteiger partial charge in [0.15, 0.2) is 0 Å². The van der Waals surface area contributed by atoms with Gasteiger partial charge in [-0.3, -0.25) is 9.59 Å². The van der Waals surface area contributed by atoms with Crippen LogP contribution in [0.3, 0.4) is 0 Å². The van der Waals surface area contributed by atoms with Gasteiger partial charge in [-0.2, -0.15) is 0 Å². The largest absolute Gasteiger partial charge is 0.493 e. The normalized spacial score (nSPS) is 17.2. The molecule has 2 aliphatic heterocycles. The number of anilines is 1. The van der Waals surface area contributed by atoms with Crippen LogP contribution in [0.4, 0.5) is 10.1 Å². The molecule has 0 unspecified atom stereocenters. The second-order valence-electron chi connectivity index (χ2n) is 7.97. The van der Waals surface area contributed by atoms with E-state index in [-0.39, 0.29) is 11.5 Å². The number of benzene rings is 2. The number of hydrogen-bond donors (Lipinski definition) is 0. The van der Waals surface area contributed by atoms with Gasteiger partial charge < -0.3 is 14.4 Å². The summed E-state index contributed by atoms with van der Waals surface area (Å²) in [6.07, 6.45) is 0. The maximum atomic E-state index is 13.5. The number of rotatable bonds is 6. The molecule has 0 atom stereocenters. The third-order valence-corrected chi connectivity index (χ3v) is 5.20. The van der Waals surface area contributed by atoms with Gasteiger partial charge in [-0.15, -0.1) is 0 Å². The number of carbonyl (C=O) groups excluding carboxylic acids is 2. The number of imide groups is 1. The van der Waals surface area contributed by atoms with Crippen LogP contribution in [-0.4, -0.2) is 49.6 Å². The van der Waals surface area contributed by atoms with E-state index in [4.69, 9.17) is 9.47 Å².